The SMILES string of the molecule is c1ccc(-c2ccc3c(c2)c2ccccc2n3-c2ccc3c(c2)sc2cc(-c4ccc5c(c4)sc4ccccc45)ccc23)cc1. The maximum absolute atomic E-state index is 2.43. The highest BCUT2D eigenvalue weighted by atomic mass is 32.1. The van der Waals surface area contributed by atoms with Crippen molar-refractivity contribution in [1.82, 2.24) is 4.57 Å². The molecule has 10 rings (SSSR count). The summed E-state index contributed by atoms with van der Waals surface area (Å²) >= 11 is 3.77. The number of nitrogens with zero attached hydrogens (tertiary/aromatic N) is 1. The molecule has 0 radical (unpaired) electrons. The van der Waals surface area contributed by atoms with Gasteiger partial charge in [-0.05, 0) is 70.8 Å². The molecule has 0 amide bonds. The minimum Gasteiger partial charge on any atom is -0.309 e. The largest absolute Gasteiger partial charge is 0.309 e. The lowest BCUT2D eigenvalue weighted by Gasteiger charge is -2.09. The van der Waals surface area contributed by atoms with Crippen LogP contribution in [0.15, 0.2) is 152 Å². The number of fused-ring (bicyclic) bond motifs is 9. The van der Waals surface area contributed by atoms with Gasteiger partial charge in [-0.25, -0.2) is 0 Å². The van der Waals surface area contributed by atoms with Crippen molar-refractivity contribution in [3.63, 3.8) is 0 Å². The molecule has 3 heteroatoms. The lowest BCUT2D eigenvalue weighted by molar-refractivity contribution is 1.19. The van der Waals surface area contributed by atoms with Crippen LogP contribution in [-0.2, 0) is 0 Å². The Kier molecular flexibility index (Phi) is 5.39. The molecular weight excluding hydrogens is 583 g/mol. The number of benzene rings is 7. The van der Waals surface area contributed by atoms with E-state index >= 15 is 0 Å². The third-order valence-electron chi connectivity index (χ3n) is 9.21. The molecule has 0 bridgehead atoms. The van der Waals surface area contributed by atoms with Gasteiger partial charge < -0.3 is 4.57 Å². The maximum atomic E-state index is 2.43. The Balaban J connectivity index is 1.10. The Morgan fingerprint density at radius 1 is 0.311 bits per heavy atom. The number of hydrogen-bond acceptors (Lipinski definition) is 2. The summed E-state index contributed by atoms with van der Waals surface area (Å²) in [6.07, 6.45) is 0. The van der Waals surface area contributed by atoms with Crippen molar-refractivity contribution >= 4 is 84.8 Å². The third-order valence-corrected chi connectivity index (χ3v) is 11.5. The number of para-hydroxylation sites is 1. The summed E-state index contributed by atoms with van der Waals surface area (Å²) in [7, 11) is 0. The fraction of sp³-hybridized carbons (Fsp3) is 0. The minimum atomic E-state index is 1.20. The predicted octanol–water partition coefficient (Wildman–Crippen LogP) is 12.9. The van der Waals surface area contributed by atoms with Gasteiger partial charge in [-0.3, -0.25) is 0 Å². The van der Waals surface area contributed by atoms with Crippen LogP contribution in [0, 0.1) is 0 Å². The third kappa shape index (κ3) is 3.85. The van der Waals surface area contributed by atoms with Crippen molar-refractivity contribution in [3.8, 4) is 27.9 Å². The van der Waals surface area contributed by atoms with E-state index < -0.39 is 0 Å². The van der Waals surface area contributed by atoms with Crippen LogP contribution >= 0.6 is 22.7 Å². The van der Waals surface area contributed by atoms with Gasteiger partial charge in [-0.2, -0.15) is 0 Å². The zero-order valence-corrected chi connectivity index (χ0v) is 25.8. The van der Waals surface area contributed by atoms with E-state index in [1.54, 1.807) is 0 Å². The molecule has 0 spiro atoms. The molecule has 3 heterocycles. The molecule has 210 valence electrons. The van der Waals surface area contributed by atoms with E-state index in [2.05, 4.69) is 156 Å². The molecule has 0 N–H and O–H groups in total. The average molecular weight is 608 g/mol. The number of aromatic nitrogens is 1. The minimum absolute atomic E-state index is 1.20. The first-order chi connectivity index (χ1) is 22.3. The van der Waals surface area contributed by atoms with Crippen molar-refractivity contribution in [1.29, 1.82) is 0 Å². The molecule has 3 aromatic heterocycles. The lowest BCUT2D eigenvalue weighted by atomic mass is 10.0. The normalized spacial score (nSPS) is 12.0. The molecule has 0 saturated carbocycles. The van der Waals surface area contributed by atoms with Crippen molar-refractivity contribution < 1.29 is 0 Å². The molecule has 45 heavy (non-hydrogen) atoms. The average Bonchev–Trinajstić information content (AvgIpc) is 3.76. The van der Waals surface area contributed by atoms with Gasteiger partial charge in [0.05, 0.1) is 11.0 Å². The monoisotopic (exact) mass is 607 g/mol. The Bertz CT molecular complexity index is 2760. The fourth-order valence-corrected chi connectivity index (χ4v) is 9.37. The summed E-state index contributed by atoms with van der Waals surface area (Å²) in [5.41, 5.74) is 8.69. The zero-order valence-electron chi connectivity index (χ0n) is 24.2. The van der Waals surface area contributed by atoms with E-state index in [0.717, 1.165) is 0 Å². The Labute approximate surface area is 267 Å². The van der Waals surface area contributed by atoms with Gasteiger partial charge >= 0.3 is 0 Å². The van der Waals surface area contributed by atoms with Crippen molar-refractivity contribution in [2.45, 2.75) is 0 Å². The van der Waals surface area contributed by atoms with E-state index in [0.29, 0.717) is 0 Å². The van der Waals surface area contributed by atoms with Crippen LogP contribution in [0.5, 0.6) is 0 Å². The molecule has 0 atom stereocenters. The zero-order chi connectivity index (χ0) is 29.5. The van der Waals surface area contributed by atoms with Crippen LogP contribution in [0.4, 0.5) is 0 Å². The molecule has 0 aliphatic heterocycles. The van der Waals surface area contributed by atoms with Gasteiger partial charge in [0, 0.05) is 56.8 Å². The molecular formula is C42H25NS2. The maximum Gasteiger partial charge on any atom is 0.0541 e. The molecule has 10 aromatic rings. The Morgan fingerprint density at radius 3 is 1.62 bits per heavy atom. The standard InChI is InChI=1S/C42H25NS2/c1-2-8-26(9-3-1)27-16-21-38-36(22-27)31-10-4-6-12-37(31)43(38)30-17-20-35-34-19-15-29(24-41(34)45-42(35)25-30)28-14-18-33-32-11-5-7-13-39(32)44-40(33)23-28/h1-25H. The number of rotatable bonds is 3. The first kappa shape index (κ1) is 25.1. The summed E-state index contributed by atoms with van der Waals surface area (Å²) in [4.78, 5) is 0. The molecule has 0 saturated heterocycles. The molecule has 0 unspecified atom stereocenters. The van der Waals surface area contributed by atoms with E-state index in [1.807, 2.05) is 22.7 Å². The second-order valence-corrected chi connectivity index (χ2v) is 13.9. The summed E-state index contributed by atoms with van der Waals surface area (Å²) in [5, 5.41) is 7.89. The smallest absolute Gasteiger partial charge is 0.0541 e. The highest BCUT2D eigenvalue weighted by molar-refractivity contribution is 7.26. The van der Waals surface area contributed by atoms with Crippen LogP contribution in [0.25, 0.3) is 90.1 Å². The molecule has 1 nitrogen and oxygen atoms in total. The summed E-state index contributed by atoms with van der Waals surface area (Å²) in [5.74, 6) is 0. The number of hydrogen-bond donors (Lipinski definition) is 0. The predicted molar refractivity (Wildman–Crippen MR) is 197 cm³/mol. The highest BCUT2D eigenvalue weighted by Crippen LogP contribution is 2.41. The van der Waals surface area contributed by atoms with Crippen LogP contribution in [0.2, 0.25) is 0 Å². The van der Waals surface area contributed by atoms with E-state index in [4.69, 9.17) is 0 Å². The van der Waals surface area contributed by atoms with E-state index in [1.165, 1.54) is 90.1 Å². The van der Waals surface area contributed by atoms with Crippen LogP contribution < -0.4 is 0 Å². The van der Waals surface area contributed by atoms with Gasteiger partial charge in [0.25, 0.3) is 0 Å². The van der Waals surface area contributed by atoms with Gasteiger partial charge in [-0.15, -0.1) is 22.7 Å². The van der Waals surface area contributed by atoms with Gasteiger partial charge in [0.15, 0.2) is 0 Å². The van der Waals surface area contributed by atoms with Gasteiger partial charge in [-0.1, -0.05) is 103 Å². The van der Waals surface area contributed by atoms with Crippen molar-refractivity contribution in [2.24, 2.45) is 0 Å². The fourth-order valence-electron chi connectivity index (χ4n) is 7.05. The Hall–Kier alpha value is -5.22. The van der Waals surface area contributed by atoms with E-state index in [9.17, 15) is 0 Å². The van der Waals surface area contributed by atoms with Gasteiger partial charge in [0.2, 0.25) is 0 Å². The van der Waals surface area contributed by atoms with Crippen molar-refractivity contribution in [3.05, 3.63) is 152 Å². The number of thiophene rings is 2. The van der Waals surface area contributed by atoms with Crippen LogP contribution in [0.1, 0.15) is 0 Å². The molecule has 0 aliphatic rings. The first-order valence-electron chi connectivity index (χ1n) is 15.3. The van der Waals surface area contributed by atoms with Gasteiger partial charge in [0.1, 0.15) is 0 Å². The topological polar surface area (TPSA) is 4.93 Å². The molecule has 0 fully saturated rings. The Morgan fingerprint density at radius 2 is 0.844 bits per heavy atom. The van der Waals surface area contributed by atoms with Crippen LogP contribution in [0.3, 0.4) is 0 Å². The first-order valence-corrected chi connectivity index (χ1v) is 16.9. The summed E-state index contributed by atoms with van der Waals surface area (Å²) < 4.78 is 7.75. The van der Waals surface area contributed by atoms with E-state index in [-0.39, 0.29) is 0 Å². The lowest BCUT2D eigenvalue weighted by Crippen LogP contribution is -1.93. The molecule has 0 aliphatic carbocycles. The highest BCUT2D eigenvalue weighted by Gasteiger charge is 2.15. The quantitative estimate of drug-likeness (QED) is 0.188. The summed E-state index contributed by atoms with van der Waals surface area (Å²) in [6.45, 7) is 0. The van der Waals surface area contributed by atoms with Crippen molar-refractivity contribution in [2.75, 3.05) is 0 Å². The summed E-state index contributed by atoms with van der Waals surface area (Å²) in [6, 6.07) is 55.9. The van der Waals surface area contributed by atoms with Crippen LogP contribution in [-0.4, -0.2) is 4.57 Å². The molecule has 7 aromatic carbocycles. The second-order valence-electron chi connectivity index (χ2n) is 11.8. The second kappa shape index (κ2) is 9.64.